The number of benzene rings is 1. The molecule has 0 atom stereocenters. The molecule has 2 rings (SSSR count). The molecule has 1 saturated heterocycles. The van der Waals surface area contributed by atoms with Crippen molar-refractivity contribution in [1.29, 1.82) is 0 Å². The quantitative estimate of drug-likeness (QED) is 0.842. The Morgan fingerprint density at radius 1 is 1.15 bits per heavy atom. The van der Waals surface area contributed by atoms with Crippen molar-refractivity contribution >= 4 is 11.6 Å². The molecule has 0 aromatic heterocycles. The SMILES string of the molecule is CC(=O)N(C)Cc1ccc(N2CCCN(C)CC2)cc1. The molecule has 0 aliphatic carbocycles. The highest BCUT2D eigenvalue weighted by molar-refractivity contribution is 5.72. The normalized spacial score (nSPS) is 16.9. The van der Waals surface area contributed by atoms with Crippen LogP contribution in [0, 0.1) is 0 Å². The van der Waals surface area contributed by atoms with Crippen LogP contribution in [0.15, 0.2) is 24.3 Å². The first-order chi connectivity index (χ1) is 9.56. The van der Waals surface area contributed by atoms with Crippen LogP contribution in [-0.4, -0.2) is 56.0 Å². The van der Waals surface area contributed by atoms with Gasteiger partial charge < -0.3 is 14.7 Å². The molecule has 0 spiro atoms. The number of carbonyl (C=O) groups excluding carboxylic acids is 1. The lowest BCUT2D eigenvalue weighted by Crippen LogP contribution is -2.28. The van der Waals surface area contributed by atoms with Crippen molar-refractivity contribution in [3.63, 3.8) is 0 Å². The zero-order chi connectivity index (χ0) is 14.5. The summed E-state index contributed by atoms with van der Waals surface area (Å²) in [6, 6.07) is 8.61. The van der Waals surface area contributed by atoms with E-state index < -0.39 is 0 Å². The summed E-state index contributed by atoms with van der Waals surface area (Å²) < 4.78 is 0. The molecule has 0 N–H and O–H groups in total. The summed E-state index contributed by atoms with van der Waals surface area (Å²) in [6.07, 6.45) is 1.21. The Morgan fingerprint density at radius 3 is 2.50 bits per heavy atom. The van der Waals surface area contributed by atoms with Crippen LogP contribution in [-0.2, 0) is 11.3 Å². The third-order valence-corrected chi connectivity index (χ3v) is 3.98. The molecule has 1 aromatic rings. The van der Waals surface area contributed by atoms with Gasteiger partial charge in [0.1, 0.15) is 0 Å². The lowest BCUT2D eigenvalue weighted by Gasteiger charge is -2.23. The smallest absolute Gasteiger partial charge is 0.219 e. The van der Waals surface area contributed by atoms with Gasteiger partial charge >= 0.3 is 0 Å². The molecule has 4 nitrogen and oxygen atoms in total. The highest BCUT2D eigenvalue weighted by Gasteiger charge is 2.12. The van der Waals surface area contributed by atoms with Crippen molar-refractivity contribution in [3.8, 4) is 0 Å². The number of amides is 1. The van der Waals surface area contributed by atoms with Gasteiger partial charge in [0.2, 0.25) is 5.91 Å². The molecule has 1 fully saturated rings. The predicted molar refractivity (Wildman–Crippen MR) is 82.9 cm³/mol. The molecule has 1 heterocycles. The molecule has 0 saturated carbocycles. The van der Waals surface area contributed by atoms with Crippen molar-refractivity contribution < 1.29 is 4.79 Å². The number of likely N-dealkylation sites (N-methyl/N-ethyl adjacent to an activating group) is 1. The molecule has 0 radical (unpaired) electrons. The van der Waals surface area contributed by atoms with Crippen LogP contribution in [0.5, 0.6) is 0 Å². The van der Waals surface area contributed by atoms with Gasteiger partial charge in [-0.25, -0.2) is 0 Å². The Kier molecular flexibility index (Phi) is 5.01. The number of hydrogen-bond acceptors (Lipinski definition) is 3. The van der Waals surface area contributed by atoms with Gasteiger partial charge in [-0.2, -0.15) is 0 Å². The van der Waals surface area contributed by atoms with Crippen LogP contribution in [0.1, 0.15) is 18.9 Å². The van der Waals surface area contributed by atoms with Crippen LogP contribution in [0.25, 0.3) is 0 Å². The van der Waals surface area contributed by atoms with E-state index in [4.69, 9.17) is 0 Å². The number of nitrogens with zero attached hydrogens (tertiary/aromatic N) is 3. The Hall–Kier alpha value is -1.55. The van der Waals surface area contributed by atoms with Crippen LogP contribution in [0.2, 0.25) is 0 Å². The van der Waals surface area contributed by atoms with Gasteiger partial charge in [0, 0.05) is 45.8 Å². The Bertz CT molecular complexity index is 444. The van der Waals surface area contributed by atoms with Crippen molar-refractivity contribution in [2.75, 3.05) is 45.2 Å². The molecule has 4 heteroatoms. The molecule has 0 unspecified atom stereocenters. The molecular weight excluding hydrogens is 250 g/mol. The monoisotopic (exact) mass is 275 g/mol. The van der Waals surface area contributed by atoms with Gasteiger partial charge in [-0.15, -0.1) is 0 Å². The van der Waals surface area contributed by atoms with Crippen LogP contribution < -0.4 is 4.90 Å². The fourth-order valence-corrected chi connectivity index (χ4v) is 2.50. The van der Waals surface area contributed by atoms with Gasteiger partial charge in [-0.3, -0.25) is 4.79 Å². The Balaban J connectivity index is 1.98. The van der Waals surface area contributed by atoms with E-state index in [1.165, 1.54) is 24.2 Å². The minimum absolute atomic E-state index is 0.102. The fraction of sp³-hybridized carbons (Fsp3) is 0.562. The third kappa shape index (κ3) is 3.97. The van der Waals surface area contributed by atoms with Crippen LogP contribution in [0.4, 0.5) is 5.69 Å². The third-order valence-electron chi connectivity index (χ3n) is 3.98. The number of anilines is 1. The molecule has 20 heavy (non-hydrogen) atoms. The van der Waals surface area contributed by atoms with Crippen LogP contribution in [0.3, 0.4) is 0 Å². The molecule has 1 aromatic carbocycles. The maximum Gasteiger partial charge on any atom is 0.219 e. The predicted octanol–water partition coefficient (Wildman–Crippen LogP) is 1.81. The molecule has 110 valence electrons. The summed E-state index contributed by atoms with van der Waals surface area (Å²) in [5, 5.41) is 0. The molecule has 1 aliphatic heterocycles. The summed E-state index contributed by atoms with van der Waals surface area (Å²) in [4.78, 5) is 17.8. The Morgan fingerprint density at radius 2 is 1.85 bits per heavy atom. The standard InChI is InChI=1S/C16H25N3O/c1-14(20)18(3)13-15-5-7-16(8-6-15)19-10-4-9-17(2)11-12-19/h5-8H,4,9-13H2,1-3H3. The highest BCUT2D eigenvalue weighted by atomic mass is 16.2. The second-order valence-corrected chi connectivity index (χ2v) is 5.69. The Labute approximate surface area is 122 Å². The maximum atomic E-state index is 11.2. The van der Waals surface area contributed by atoms with E-state index in [-0.39, 0.29) is 5.91 Å². The van der Waals surface area contributed by atoms with Crippen molar-refractivity contribution in [3.05, 3.63) is 29.8 Å². The second kappa shape index (κ2) is 6.75. The molecule has 1 aliphatic rings. The van der Waals surface area contributed by atoms with Gasteiger partial charge in [-0.1, -0.05) is 12.1 Å². The van der Waals surface area contributed by atoms with E-state index in [9.17, 15) is 4.79 Å². The largest absolute Gasteiger partial charge is 0.370 e. The first-order valence-corrected chi connectivity index (χ1v) is 7.30. The van der Waals surface area contributed by atoms with E-state index in [2.05, 4.69) is 41.1 Å². The lowest BCUT2D eigenvalue weighted by molar-refractivity contribution is -0.128. The fourth-order valence-electron chi connectivity index (χ4n) is 2.50. The van der Waals surface area contributed by atoms with Crippen LogP contribution >= 0.6 is 0 Å². The topological polar surface area (TPSA) is 26.8 Å². The average molecular weight is 275 g/mol. The first kappa shape index (κ1) is 14.9. The zero-order valence-electron chi connectivity index (χ0n) is 12.8. The van der Waals surface area contributed by atoms with Crippen molar-refractivity contribution in [2.24, 2.45) is 0 Å². The molecule has 0 bridgehead atoms. The number of hydrogen-bond donors (Lipinski definition) is 0. The van der Waals surface area contributed by atoms with E-state index in [0.29, 0.717) is 6.54 Å². The highest BCUT2D eigenvalue weighted by Crippen LogP contribution is 2.18. The van der Waals surface area contributed by atoms with E-state index in [0.717, 1.165) is 19.6 Å². The minimum Gasteiger partial charge on any atom is -0.370 e. The maximum absolute atomic E-state index is 11.2. The molecular formula is C16H25N3O. The van der Waals surface area contributed by atoms with E-state index >= 15 is 0 Å². The van der Waals surface area contributed by atoms with Crippen molar-refractivity contribution in [2.45, 2.75) is 19.9 Å². The lowest BCUT2D eigenvalue weighted by atomic mass is 10.2. The summed E-state index contributed by atoms with van der Waals surface area (Å²) in [7, 11) is 4.02. The summed E-state index contributed by atoms with van der Waals surface area (Å²) in [5.41, 5.74) is 2.47. The average Bonchev–Trinajstić information content (AvgIpc) is 2.64. The summed E-state index contributed by atoms with van der Waals surface area (Å²) in [6.45, 7) is 6.79. The van der Waals surface area contributed by atoms with Gasteiger partial charge in [-0.05, 0) is 37.7 Å². The number of rotatable bonds is 3. The van der Waals surface area contributed by atoms with E-state index in [1.54, 1.807) is 11.8 Å². The van der Waals surface area contributed by atoms with E-state index in [1.807, 2.05) is 7.05 Å². The van der Waals surface area contributed by atoms with Crippen molar-refractivity contribution in [1.82, 2.24) is 9.80 Å². The second-order valence-electron chi connectivity index (χ2n) is 5.69. The first-order valence-electron chi connectivity index (χ1n) is 7.30. The van der Waals surface area contributed by atoms with Gasteiger partial charge in [0.15, 0.2) is 0 Å². The summed E-state index contributed by atoms with van der Waals surface area (Å²) in [5.74, 6) is 0.102. The molecule has 1 amide bonds. The zero-order valence-corrected chi connectivity index (χ0v) is 12.8. The minimum atomic E-state index is 0.102. The van der Waals surface area contributed by atoms with Gasteiger partial charge in [0.05, 0.1) is 0 Å². The van der Waals surface area contributed by atoms with Gasteiger partial charge in [0.25, 0.3) is 0 Å². The summed E-state index contributed by atoms with van der Waals surface area (Å²) >= 11 is 0. The number of carbonyl (C=O) groups is 1.